The van der Waals surface area contributed by atoms with Crippen molar-refractivity contribution in [2.75, 3.05) is 0 Å². The molecular weight excluding hydrogens is 224 g/mol. The van der Waals surface area contributed by atoms with Gasteiger partial charge in [0.05, 0.1) is 0 Å². The zero-order valence-electron chi connectivity index (χ0n) is 6.00. The molecule has 0 radical (unpaired) electrons. The zero-order chi connectivity index (χ0) is 8.27. The van der Waals surface area contributed by atoms with E-state index in [1.54, 1.807) is 6.92 Å². The van der Waals surface area contributed by atoms with Gasteiger partial charge in [-0.15, -0.1) is 0 Å². The summed E-state index contributed by atoms with van der Waals surface area (Å²) in [5.74, 6) is 0. The maximum atomic E-state index is 10.6. The van der Waals surface area contributed by atoms with E-state index in [0.717, 1.165) is 9.37 Å². The lowest BCUT2D eigenvalue weighted by molar-refractivity contribution is -0.109. The lowest BCUT2D eigenvalue weighted by Crippen LogP contribution is -1.79. The molecule has 0 atom stereocenters. The number of benzene rings is 1. The summed E-state index contributed by atoms with van der Waals surface area (Å²) in [5.41, 5.74) is 0. The summed E-state index contributed by atoms with van der Waals surface area (Å²) in [6.07, 6.45) is 0. The monoisotopic (exact) mass is 230 g/mol. The normalized spacial score (nSPS) is 9.64. The Kier molecular flexibility index (Phi) is 3.15. The number of thioether (sulfide) groups is 1. The van der Waals surface area contributed by atoms with Gasteiger partial charge in [0, 0.05) is 16.3 Å². The van der Waals surface area contributed by atoms with Crippen LogP contribution in [0.5, 0.6) is 0 Å². The van der Waals surface area contributed by atoms with E-state index < -0.39 is 0 Å². The molecule has 1 aromatic carbocycles. The number of halogens is 1. The second-order valence-corrected chi connectivity index (χ2v) is 4.21. The van der Waals surface area contributed by atoms with Gasteiger partial charge in [-0.25, -0.2) is 0 Å². The molecule has 0 aliphatic rings. The number of carbonyl (C=O) groups excluding carboxylic acids is 1. The Labute approximate surface area is 78.3 Å². The van der Waals surface area contributed by atoms with Crippen molar-refractivity contribution in [3.63, 3.8) is 0 Å². The number of hydrogen-bond acceptors (Lipinski definition) is 2. The Bertz CT molecular complexity index is 255. The average Bonchev–Trinajstić information content (AvgIpc) is 1.93. The van der Waals surface area contributed by atoms with Crippen molar-refractivity contribution in [2.24, 2.45) is 0 Å². The second kappa shape index (κ2) is 3.93. The molecule has 0 aromatic heterocycles. The van der Waals surface area contributed by atoms with Crippen molar-refractivity contribution in [3.8, 4) is 0 Å². The van der Waals surface area contributed by atoms with E-state index in [4.69, 9.17) is 0 Å². The maximum absolute atomic E-state index is 10.6. The summed E-state index contributed by atoms with van der Waals surface area (Å²) in [6, 6.07) is 7.67. The summed E-state index contributed by atoms with van der Waals surface area (Å²) < 4.78 is 1.03. The highest BCUT2D eigenvalue weighted by Gasteiger charge is 1.96. The number of hydrogen-bond donors (Lipinski definition) is 0. The molecule has 0 aliphatic heterocycles. The first kappa shape index (κ1) is 8.81. The minimum Gasteiger partial charge on any atom is -0.287 e. The molecule has 0 saturated heterocycles. The van der Waals surface area contributed by atoms with E-state index in [0.29, 0.717) is 0 Å². The first-order chi connectivity index (χ1) is 5.18. The fourth-order valence-electron chi connectivity index (χ4n) is 0.669. The minimum absolute atomic E-state index is 0.118. The van der Waals surface area contributed by atoms with Gasteiger partial charge in [0.2, 0.25) is 0 Å². The Morgan fingerprint density at radius 2 is 1.91 bits per heavy atom. The second-order valence-electron chi connectivity index (χ2n) is 2.05. The molecule has 0 saturated carbocycles. The maximum Gasteiger partial charge on any atom is 0.190 e. The highest BCUT2D eigenvalue weighted by atomic mass is 79.9. The Hall–Kier alpha value is -0.280. The van der Waals surface area contributed by atoms with Gasteiger partial charge in [0.25, 0.3) is 0 Å². The van der Waals surface area contributed by atoms with Gasteiger partial charge in [0.1, 0.15) is 0 Å². The zero-order valence-corrected chi connectivity index (χ0v) is 8.41. The molecule has 0 aliphatic carbocycles. The molecule has 1 rings (SSSR count). The fourth-order valence-corrected chi connectivity index (χ4v) is 1.54. The van der Waals surface area contributed by atoms with Crippen LogP contribution >= 0.6 is 27.7 Å². The SMILES string of the molecule is CC(=O)Sc1ccc(Br)cc1. The van der Waals surface area contributed by atoms with E-state index in [2.05, 4.69) is 15.9 Å². The molecule has 0 unspecified atom stereocenters. The third-order valence-electron chi connectivity index (χ3n) is 1.08. The molecule has 3 heteroatoms. The van der Waals surface area contributed by atoms with Gasteiger partial charge in [0.15, 0.2) is 5.12 Å². The van der Waals surface area contributed by atoms with Gasteiger partial charge in [-0.05, 0) is 24.3 Å². The summed E-state index contributed by atoms with van der Waals surface area (Å²) in [4.78, 5) is 11.6. The van der Waals surface area contributed by atoms with Crippen LogP contribution in [0.15, 0.2) is 33.6 Å². The Morgan fingerprint density at radius 1 is 1.36 bits per heavy atom. The quantitative estimate of drug-likeness (QED) is 0.691. The third kappa shape index (κ3) is 3.08. The topological polar surface area (TPSA) is 17.1 Å². The molecule has 0 N–H and O–H groups in total. The summed E-state index contributed by atoms with van der Waals surface area (Å²) in [5, 5.41) is 0.118. The average molecular weight is 231 g/mol. The largest absolute Gasteiger partial charge is 0.287 e. The van der Waals surface area contributed by atoms with Gasteiger partial charge >= 0.3 is 0 Å². The molecule has 0 heterocycles. The third-order valence-corrected chi connectivity index (χ3v) is 2.40. The lowest BCUT2D eigenvalue weighted by atomic mass is 10.4. The van der Waals surface area contributed by atoms with Crippen LogP contribution in [-0.4, -0.2) is 5.12 Å². The van der Waals surface area contributed by atoms with Crippen LogP contribution < -0.4 is 0 Å². The molecular formula is C8H7BrOS. The van der Waals surface area contributed by atoms with Gasteiger partial charge < -0.3 is 0 Å². The molecule has 0 spiro atoms. The van der Waals surface area contributed by atoms with E-state index >= 15 is 0 Å². The summed E-state index contributed by atoms with van der Waals surface area (Å²) in [6.45, 7) is 1.56. The van der Waals surface area contributed by atoms with Gasteiger partial charge in [-0.1, -0.05) is 27.7 Å². The van der Waals surface area contributed by atoms with E-state index in [9.17, 15) is 4.79 Å². The Balaban J connectivity index is 2.74. The fraction of sp³-hybridized carbons (Fsp3) is 0.125. The summed E-state index contributed by atoms with van der Waals surface area (Å²) in [7, 11) is 0. The summed E-state index contributed by atoms with van der Waals surface area (Å²) >= 11 is 4.56. The van der Waals surface area contributed by atoms with Crippen LogP contribution in [0.25, 0.3) is 0 Å². The predicted octanol–water partition coefficient (Wildman–Crippen LogP) is 3.09. The smallest absolute Gasteiger partial charge is 0.190 e. The van der Waals surface area contributed by atoms with Crippen LogP contribution in [0.4, 0.5) is 0 Å². The number of carbonyl (C=O) groups is 1. The highest BCUT2D eigenvalue weighted by molar-refractivity contribution is 9.10. The Morgan fingerprint density at radius 3 is 2.36 bits per heavy atom. The predicted molar refractivity (Wildman–Crippen MR) is 50.7 cm³/mol. The van der Waals surface area contributed by atoms with E-state index in [1.165, 1.54) is 11.8 Å². The molecule has 0 fully saturated rings. The van der Waals surface area contributed by atoms with Gasteiger partial charge in [-0.3, -0.25) is 4.79 Å². The van der Waals surface area contributed by atoms with Crippen molar-refractivity contribution in [3.05, 3.63) is 28.7 Å². The van der Waals surface area contributed by atoms with Crippen LogP contribution in [0.2, 0.25) is 0 Å². The molecule has 0 amide bonds. The van der Waals surface area contributed by atoms with Crippen LogP contribution in [-0.2, 0) is 4.79 Å². The molecule has 0 bridgehead atoms. The molecule has 1 aromatic rings. The highest BCUT2D eigenvalue weighted by Crippen LogP contribution is 2.20. The van der Waals surface area contributed by atoms with Crippen molar-refractivity contribution in [2.45, 2.75) is 11.8 Å². The van der Waals surface area contributed by atoms with Crippen LogP contribution in [0, 0.1) is 0 Å². The van der Waals surface area contributed by atoms with Crippen LogP contribution in [0.1, 0.15) is 6.92 Å². The first-order valence-corrected chi connectivity index (χ1v) is 4.73. The molecule has 58 valence electrons. The van der Waals surface area contributed by atoms with E-state index in [1.807, 2.05) is 24.3 Å². The van der Waals surface area contributed by atoms with Gasteiger partial charge in [-0.2, -0.15) is 0 Å². The number of rotatable bonds is 1. The standard InChI is InChI=1S/C8H7BrOS/c1-6(10)11-8-4-2-7(9)3-5-8/h2-5H,1H3. The molecule has 1 nitrogen and oxygen atoms in total. The first-order valence-electron chi connectivity index (χ1n) is 3.12. The van der Waals surface area contributed by atoms with Crippen molar-refractivity contribution < 1.29 is 4.79 Å². The minimum atomic E-state index is 0.118. The van der Waals surface area contributed by atoms with Crippen molar-refractivity contribution in [1.82, 2.24) is 0 Å². The van der Waals surface area contributed by atoms with Crippen molar-refractivity contribution >= 4 is 32.8 Å². The lowest BCUT2D eigenvalue weighted by Gasteiger charge is -1.95. The van der Waals surface area contributed by atoms with E-state index in [-0.39, 0.29) is 5.12 Å². The molecule has 11 heavy (non-hydrogen) atoms. The van der Waals surface area contributed by atoms with Crippen LogP contribution in [0.3, 0.4) is 0 Å². The van der Waals surface area contributed by atoms with Crippen molar-refractivity contribution in [1.29, 1.82) is 0 Å².